The highest BCUT2D eigenvalue weighted by Gasteiger charge is 2.12. The molecule has 0 aliphatic rings. The average Bonchev–Trinajstić information content (AvgIpc) is 3.14. The quantitative estimate of drug-likeness (QED) is 0.582. The molecule has 0 aliphatic heterocycles. The van der Waals surface area contributed by atoms with Crippen molar-refractivity contribution in [3.05, 3.63) is 76.9 Å². The predicted molar refractivity (Wildman–Crippen MR) is 80.9 cm³/mol. The average molecular weight is 310 g/mol. The van der Waals surface area contributed by atoms with Gasteiger partial charge in [-0.05, 0) is 42.5 Å². The van der Waals surface area contributed by atoms with Gasteiger partial charge in [-0.15, -0.1) is 0 Å². The molecular weight excluding hydrogens is 299 g/mol. The first-order valence-corrected chi connectivity index (χ1v) is 6.95. The van der Waals surface area contributed by atoms with Crippen molar-refractivity contribution in [2.24, 2.45) is 0 Å². The molecular formula is C16H11FN4O2. The second-order valence-electron chi connectivity index (χ2n) is 5.01. The molecule has 3 heterocycles. The highest BCUT2D eigenvalue weighted by molar-refractivity contribution is 5.67. The summed E-state index contributed by atoms with van der Waals surface area (Å²) in [4.78, 5) is 16.1. The predicted octanol–water partition coefficient (Wildman–Crippen LogP) is 2.36. The number of oxazole rings is 1. The lowest BCUT2D eigenvalue weighted by atomic mass is 10.3. The summed E-state index contributed by atoms with van der Waals surface area (Å²) in [6.07, 6.45) is 3.36. The summed E-state index contributed by atoms with van der Waals surface area (Å²) in [7, 11) is 0. The number of hydrogen-bond donors (Lipinski definition) is 0. The summed E-state index contributed by atoms with van der Waals surface area (Å²) in [5.41, 5.74) is 2.33. The molecule has 3 aromatic heterocycles. The van der Waals surface area contributed by atoms with E-state index in [1.54, 1.807) is 47.4 Å². The van der Waals surface area contributed by atoms with Gasteiger partial charge >= 0.3 is 5.76 Å². The van der Waals surface area contributed by atoms with E-state index >= 15 is 0 Å². The van der Waals surface area contributed by atoms with Crippen molar-refractivity contribution < 1.29 is 8.81 Å². The van der Waals surface area contributed by atoms with Crippen LogP contribution in [-0.2, 0) is 6.54 Å². The number of pyridine rings is 1. The first-order valence-electron chi connectivity index (χ1n) is 6.95. The fraction of sp³-hybridized carbons (Fsp3) is 0.0625. The number of hydrogen-bond acceptors (Lipinski definition) is 4. The lowest BCUT2D eigenvalue weighted by molar-refractivity contribution is 0.515. The number of benzene rings is 1. The van der Waals surface area contributed by atoms with Gasteiger partial charge in [0, 0.05) is 12.4 Å². The van der Waals surface area contributed by atoms with E-state index in [4.69, 9.17) is 4.42 Å². The van der Waals surface area contributed by atoms with Crippen LogP contribution in [0.5, 0.6) is 0 Å². The Morgan fingerprint density at radius 1 is 1.13 bits per heavy atom. The zero-order valence-electron chi connectivity index (χ0n) is 11.9. The molecule has 0 spiro atoms. The molecule has 4 rings (SSSR count). The van der Waals surface area contributed by atoms with Crippen LogP contribution in [0.4, 0.5) is 4.39 Å². The van der Waals surface area contributed by atoms with Crippen LogP contribution in [0.3, 0.4) is 0 Å². The third kappa shape index (κ3) is 2.42. The molecule has 0 aliphatic carbocycles. The van der Waals surface area contributed by atoms with Crippen LogP contribution in [-0.4, -0.2) is 19.3 Å². The molecule has 114 valence electrons. The first kappa shape index (κ1) is 13.4. The second-order valence-corrected chi connectivity index (χ2v) is 5.01. The van der Waals surface area contributed by atoms with E-state index in [1.807, 2.05) is 0 Å². The summed E-state index contributed by atoms with van der Waals surface area (Å²) >= 11 is 0. The van der Waals surface area contributed by atoms with Gasteiger partial charge in [-0.3, -0.25) is 4.57 Å². The number of aromatic nitrogens is 4. The first-order chi connectivity index (χ1) is 11.2. The van der Waals surface area contributed by atoms with E-state index in [2.05, 4.69) is 10.1 Å². The Labute approximate surface area is 129 Å². The molecule has 7 heteroatoms. The summed E-state index contributed by atoms with van der Waals surface area (Å²) in [6.45, 7) is 0.247. The SMILES string of the molecule is O=c1oc2cccnc2n1Cc1ccn(-c2ccc(F)cc2)n1. The lowest BCUT2D eigenvalue weighted by Crippen LogP contribution is -2.15. The van der Waals surface area contributed by atoms with Gasteiger partial charge in [0.25, 0.3) is 0 Å². The van der Waals surface area contributed by atoms with Gasteiger partial charge in [-0.25, -0.2) is 18.9 Å². The molecule has 0 bridgehead atoms. The van der Waals surface area contributed by atoms with Crippen molar-refractivity contribution in [2.75, 3.05) is 0 Å². The van der Waals surface area contributed by atoms with Gasteiger partial charge in [0.05, 0.1) is 17.9 Å². The molecule has 0 saturated heterocycles. The Balaban J connectivity index is 1.68. The van der Waals surface area contributed by atoms with Crippen molar-refractivity contribution in [1.82, 2.24) is 19.3 Å². The summed E-state index contributed by atoms with van der Waals surface area (Å²) in [5.74, 6) is -0.779. The smallest absolute Gasteiger partial charge is 0.406 e. The molecule has 0 fully saturated rings. The van der Waals surface area contributed by atoms with Crippen molar-refractivity contribution in [1.29, 1.82) is 0 Å². The van der Waals surface area contributed by atoms with E-state index in [1.165, 1.54) is 16.7 Å². The van der Waals surface area contributed by atoms with Crippen molar-refractivity contribution in [3.8, 4) is 5.69 Å². The van der Waals surface area contributed by atoms with Gasteiger partial charge in [0.1, 0.15) is 5.82 Å². The molecule has 4 aromatic rings. The Bertz CT molecular complexity index is 1030. The van der Waals surface area contributed by atoms with Gasteiger partial charge in [-0.2, -0.15) is 5.10 Å². The maximum atomic E-state index is 13.0. The number of fused-ring (bicyclic) bond motifs is 1. The Morgan fingerprint density at radius 2 is 1.96 bits per heavy atom. The number of rotatable bonds is 3. The second kappa shape index (κ2) is 5.20. The molecule has 0 N–H and O–H groups in total. The van der Waals surface area contributed by atoms with Crippen LogP contribution in [0.25, 0.3) is 16.9 Å². The number of halogens is 1. The molecule has 0 radical (unpaired) electrons. The molecule has 0 atom stereocenters. The maximum Gasteiger partial charge on any atom is 0.421 e. The van der Waals surface area contributed by atoms with Crippen molar-refractivity contribution in [3.63, 3.8) is 0 Å². The summed E-state index contributed by atoms with van der Waals surface area (Å²) in [5, 5.41) is 4.40. The highest BCUT2D eigenvalue weighted by atomic mass is 19.1. The molecule has 6 nitrogen and oxygen atoms in total. The number of nitrogens with zero attached hydrogens (tertiary/aromatic N) is 4. The van der Waals surface area contributed by atoms with E-state index < -0.39 is 5.76 Å². The normalized spacial score (nSPS) is 11.2. The van der Waals surface area contributed by atoms with Gasteiger partial charge in [0.2, 0.25) is 0 Å². The van der Waals surface area contributed by atoms with Gasteiger partial charge in [-0.1, -0.05) is 0 Å². The molecule has 0 unspecified atom stereocenters. The Kier molecular flexibility index (Phi) is 3.04. The lowest BCUT2D eigenvalue weighted by Gasteiger charge is -2.01. The standard InChI is InChI=1S/C16H11FN4O2/c17-11-3-5-13(6-4-11)21-9-7-12(19-21)10-20-15-14(23-16(20)22)2-1-8-18-15/h1-9H,10H2. The minimum atomic E-state index is -0.477. The fourth-order valence-corrected chi connectivity index (χ4v) is 2.39. The highest BCUT2D eigenvalue weighted by Crippen LogP contribution is 2.12. The zero-order valence-corrected chi connectivity index (χ0v) is 11.9. The third-order valence-electron chi connectivity index (χ3n) is 3.48. The Morgan fingerprint density at radius 3 is 2.78 bits per heavy atom. The van der Waals surface area contributed by atoms with Crippen LogP contribution in [0.2, 0.25) is 0 Å². The van der Waals surface area contributed by atoms with Crippen LogP contribution in [0, 0.1) is 5.82 Å². The molecule has 0 saturated carbocycles. The third-order valence-corrected chi connectivity index (χ3v) is 3.48. The minimum absolute atomic E-state index is 0.247. The monoisotopic (exact) mass is 310 g/mol. The van der Waals surface area contributed by atoms with Crippen LogP contribution in [0.1, 0.15) is 5.69 Å². The van der Waals surface area contributed by atoms with E-state index in [9.17, 15) is 9.18 Å². The van der Waals surface area contributed by atoms with E-state index in [0.717, 1.165) is 5.69 Å². The summed E-state index contributed by atoms with van der Waals surface area (Å²) < 4.78 is 21.2. The van der Waals surface area contributed by atoms with Crippen molar-refractivity contribution in [2.45, 2.75) is 6.54 Å². The molecule has 23 heavy (non-hydrogen) atoms. The minimum Gasteiger partial charge on any atom is -0.406 e. The molecule has 1 aromatic carbocycles. The van der Waals surface area contributed by atoms with Crippen LogP contribution >= 0.6 is 0 Å². The summed E-state index contributed by atoms with van der Waals surface area (Å²) in [6, 6.07) is 11.2. The molecule has 0 amide bonds. The largest absolute Gasteiger partial charge is 0.421 e. The van der Waals surface area contributed by atoms with Crippen molar-refractivity contribution >= 4 is 11.2 Å². The fourth-order valence-electron chi connectivity index (χ4n) is 2.39. The van der Waals surface area contributed by atoms with E-state index in [0.29, 0.717) is 16.9 Å². The van der Waals surface area contributed by atoms with Gasteiger partial charge in [0.15, 0.2) is 11.2 Å². The van der Waals surface area contributed by atoms with E-state index in [-0.39, 0.29) is 12.4 Å². The zero-order chi connectivity index (χ0) is 15.8. The topological polar surface area (TPSA) is 65.8 Å². The van der Waals surface area contributed by atoms with Crippen LogP contribution in [0.15, 0.2) is 64.1 Å². The maximum absolute atomic E-state index is 13.0. The van der Waals surface area contributed by atoms with Gasteiger partial charge < -0.3 is 4.42 Å². The Hall–Kier alpha value is -3.22. The van der Waals surface area contributed by atoms with Crippen LogP contribution < -0.4 is 5.76 Å².